The summed E-state index contributed by atoms with van der Waals surface area (Å²) in [6.45, 7) is 13.0. The molecule has 8 atom stereocenters. The van der Waals surface area contributed by atoms with E-state index in [1.165, 1.54) is 0 Å². The van der Waals surface area contributed by atoms with Crippen LogP contribution in [0, 0.1) is 16.2 Å². The number of ether oxygens (including phenoxy) is 4. The number of nitrogens with zero attached hydrogens (tertiary/aromatic N) is 2. The first-order valence-electron chi connectivity index (χ1n) is 14.4. The van der Waals surface area contributed by atoms with Gasteiger partial charge in [-0.2, -0.15) is 4.99 Å². The van der Waals surface area contributed by atoms with Gasteiger partial charge in [-0.1, -0.05) is 34.6 Å². The van der Waals surface area contributed by atoms with Gasteiger partial charge in [0.05, 0.1) is 25.3 Å². The minimum absolute atomic E-state index is 0.0433. The van der Waals surface area contributed by atoms with E-state index in [1.54, 1.807) is 12.2 Å². The Morgan fingerprint density at radius 2 is 1.29 bits per heavy atom. The van der Waals surface area contributed by atoms with Crippen LogP contribution in [0.15, 0.2) is 9.98 Å². The zero-order valence-corrected chi connectivity index (χ0v) is 25.0. The molecule has 2 aliphatic heterocycles. The smallest absolute Gasteiger partial charge is 0.407 e. The second-order valence-corrected chi connectivity index (χ2v) is 14.6. The van der Waals surface area contributed by atoms with Crippen molar-refractivity contribution in [2.45, 2.75) is 122 Å². The van der Waals surface area contributed by atoms with E-state index < -0.39 is 42.1 Å². The Morgan fingerprint density at radius 1 is 0.780 bits per heavy atom. The van der Waals surface area contributed by atoms with Crippen molar-refractivity contribution in [3.63, 3.8) is 0 Å². The van der Waals surface area contributed by atoms with Crippen LogP contribution in [-0.2, 0) is 28.5 Å². The largest absolute Gasteiger partial charge is 0.441 e. The Hall–Kier alpha value is -2.78. The molecule has 2 saturated heterocycles. The highest BCUT2D eigenvalue weighted by atomic mass is 16.7. The lowest BCUT2D eigenvalue weighted by Gasteiger charge is -2.45. The standard InChI is InChI=1S/C29H44N4O8/c1-26(2)7-18(9-28(5,13-26)15-30-16-34)32-24(36)40-20-11-38-23-21(12-39-22(20)23)41-25(37)33-19-8-27(3,4)14-29(6,10-19)31-17-35/h18-23H,7-15H2,1-6H3,(H,32,36)(H,33,37). The molecule has 2 aliphatic carbocycles. The summed E-state index contributed by atoms with van der Waals surface area (Å²) in [5.41, 5.74) is -0.995. The molecule has 4 aliphatic rings. The van der Waals surface area contributed by atoms with Crippen LogP contribution in [0.3, 0.4) is 0 Å². The third-order valence-electron chi connectivity index (χ3n) is 8.75. The Morgan fingerprint density at radius 3 is 1.80 bits per heavy atom. The molecule has 41 heavy (non-hydrogen) atoms. The molecule has 0 aromatic heterocycles. The molecule has 2 amide bonds. The average molecular weight is 577 g/mol. The van der Waals surface area contributed by atoms with E-state index in [0.29, 0.717) is 19.4 Å². The van der Waals surface area contributed by atoms with E-state index in [1.807, 2.05) is 6.92 Å². The SMILES string of the molecule is CC1(C)CC(NC(=O)OC2COC3C(OC(=O)NC4CC(C)(C)CC(C)(N=C=O)C4)COC23)CC(C)(CN=C=O)C1. The second kappa shape index (κ2) is 11.8. The van der Waals surface area contributed by atoms with Gasteiger partial charge in [0.25, 0.3) is 0 Å². The number of amides is 2. The summed E-state index contributed by atoms with van der Waals surface area (Å²) < 4.78 is 23.1. The zero-order valence-electron chi connectivity index (χ0n) is 25.0. The molecule has 0 aromatic carbocycles. The van der Waals surface area contributed by atoms with Crippen LogP contribution in [-0.4, -0.2) is 86.1 Å². The van der Waals surface area contributed by atoms with E-state index in [0.717, 1.165) is 25.7 Å². The Bertz CT molecular complexity index is 1100. The summed E-state index contributed by atoms with van der Waals surface area (Å²) in [6.07, 6.45) is 4.04. The number of nitrogens with one attached hydrogen (secondary N) is 2. The van der Waals surface area contributed by atoms with Gasteiger partial charge in [-0.25, -0.2) is 24.2 Å². The summed E-state index contributed by atoms with van der Waals surface area (Å²) in [4.78, 5) is 55.1. The molecule has 228 valence electrons. The Kier molecular flexibility index (Phi) is 9.00. The summed E-state index contributed by atoms with van der Waals surface area (Å²) in [5.74, 6) is 0. The van der Waals surface area contributed by atoms with Crippen LogP contribution in [0.2, 0.25) is 0 Å². The molecule has 2 N–H and O–H groups in total. The van der Waals surface area contributed by atoms with Crippen LogP contribution in [0.25, 0.3) is 0 Å². The lowest BCUT2D eigenvalue weighted by molar-refractivity contribution is -0.0150. The fourth-order valence-electron chi connectivity index (χ4n) is 8.13. The Labute approximate surface area is 241 Å². The first-order valence-corrected chi connectivity index (χ1v) is 14.4. The molecule has 8 unspecified atom stereocenters. The topological polar surface area (TPSA) is 154 Å². The molecule has 0 aromatic rings. The molecule has 2 heterocycles. The maximum Gasteiger partial charge on any atom is 0.407 e. The third kappa shape index (κ3) is 7.95. The van der Waals surface area contributed by atoms with Gasteiger partial charge in [-0.15, -0.1) is 0 Å². The lowest BCUT2D eigenvalue weighted by atomic mass is 9.62. The summed E-state index contributed by atoms with van der Waals surface area (Å²) >= 11 is 0. The summed E-state index contributed by atoms with van der Waals surface area (Å²) in [6, 6.07) is -0.350. The van der Waals surface area contributed by atoms with Gasteiger partial charge in [-0.05, 0) is 61.7 Å². The van der Waals surface area contributed by atoms with Gasteiger partial charge < -0.3 is 29.6 Å². The fourth-order valence-corrected chi connectivity index (χ4v) is 8.13. The Balaban J connectivity index is 1.27. The molecular formula is C29H44N4O8. The van der Waals surface area contributed by atoms with Crippen molar-refractivity contribution >= 4 is 24.3 Å². The maximum absolute atomic E-state index is 12.9. The quantitative estimate of drug-likeness (QED) is 0.344. The van der Waals surface area contributed by atoms with E-state index in [2.05, 4.69) is 55.2 Å². The fraction of sp³-hybridized carbons (Fsp3) is 0.862. The highest BCUT2D eigenvalue weighted by Gasteiger charge is 2.52. The first kappa shape index (κ1) is 31.2. The molecular weight excluding hydrogens is 532 g/mol. The van der Waals surface area contributed by atoms with Crippen molar-refractivity contribution in [3.05, 3.63) is 0 Å². The number of hydrogen-bond acceptors (Lipinski definition) is 10. The number of fused-ring (bicyclic) bond motifs is 1. The highest BCUT2D eigenvalue weighted by molar-refractivity contribution is 5.68. The number of alkyl carbamates (subject to hydrolysis) is 2. The van der Waals surface area contributed by atoms with E-state index in [4.69, 9.17) is 18.9 Å². The molecule has 0 spiro atoms. The predicted octanol–water partition coefficient (Wildman–Crippen LogP) is 3.57. The van der Waals surface area contributed by atoms with Gasteiger partial charge in [0, 0.05) is 12.1 Å². The van der Waals surface area contributed by atoms with Crippen LogP contribution in [0.5, 0.6) is 0 Å². The number of carbonyl (C=O) groups is 2. The third-order valence-corrected chi connectivity index (χ3v) is 8.75. The van der Waals surface area contributed by atoms with E-state index >= 15 is 0 Å². The van der Waals surface area contributed by atoms with Gasteiger partial charge in [0.1, 0.15) is 12.2 Å². The number of rotatable bonds is 7. The highest BCUT2D eigenvalue weighted by Crippen LogP contribution is 2.46. The molecule has 4 rings (SSSR count). The van der Waals surface area contributed by atoms with Gasteiger partial charge in [-0.3, -0.25) is 0 Å². The van der Waals surface area contributed by atoms with Crippen molar-refractivity contribution in [1.29, 1.82) is 0 Å². The second-order valence-electron chi connectivity index (χ2n) is 14.6. The zero-order chi connectivity index (χ0) is 30.1. The minimum Gasteiger partial charge on any atom is -0.441 e. The van der Waals surface area contributed by atoms with Crippen molar-refractivity contribution in [1.82, 2.24) is 10.6 Å². The number of hydrogen-bond donors (Lipinski definition) is 2. The minimum atomic E-state index is -0.647. The van der Waals surface area contributed by atoms with Crippen LogP contribution in [0.1, 0.15) is 80.1 Å². The molecule has 0 radical (unpaired) electrons. The van der Waals surface area contributed by atoms with Crippen LogP contribution >= 0.6 is 0 Å². The molecule has 4 fully saturated rings. The molecule has 0 bridgehead atoms. The van der Waals surface area contributed by atoms with Crippen molar-refractivity contribution in [2.75, 3.05) is 19.8 Å². The summed E-state index contributed by atoms with van der Waals surface area (Å²) in [7, 11) is 0. The normalized spacial score (nSPS) is 38.9. The summed E-state index contributed by atoms with van der Waals surface area (Å²) in [5, 5.41) is 5.91. The van der Waals surface area contributed by atoms with Crippen molar-refractivity contribution < 1.29 is 38.1 Å². The van der Waals surface area contributed by atoms with Gasteiger partial charge in [0.15, 0.2) is 12.2 Å². The van der Waals surface area contributed by atoms with Gasteiger partial charge in [0.2, 0.25) is 12.2 Å². The number of aliphatic imine (C=N–C) groups is 2. The van der Waals surface area contributed by atoms with Crippen LogP contribution in [0.4, 0.5) is 9.59 Å². The molecule has 12 heteroatoms. The van der Waals surface area contributed by atoms with E-state index in [9.17, 15) is 19.2 Å². The number of carbonyl (C=O) groups excluding carboxylic acids is 4. The predicted molar refractivity (Wildman–Crippen MR) is 147 cm³/mol. The van der Waals surface area contributed by atoms with Gasteiger partial charge >= 0.3 is 12.2 Å². The van der Waals surface area contributed by atoms with Crippen molar-refractivity contribution in [3.8, 4) is 0 Å². The maximum atomic E-state index is 12.9. The first-order chi connectivity index (χ1) is 19.1. The molecule has 2 saturated carbocycles. The number of isocyanates is 2. The molecule has 12 nitrogen and oxygen atoms in total. The average Bonchev–Trinajstić information content (AvgIpc) is 3.38. The lowest BCUT2D eigenvalue weighted by Crippen LogP contribution is -2.50. The van der Waals surface area contributed by atoms with Crippen molar-refractivity contribution in [2.24, 2.45) is 26.2 Å². The van der Waals surface area contributed by atoms with Crippen LogP contribution < -0.4 is 10.6 Å². The van der Waals surface area contributed by atoms with E-state index in [-0.39, 0.29) is 41.5 Å². The monoisotopic (exact) mass is 576 g/mol.